The first-order valence-electron chi connectivity index (χ1n) is 21.0. The Kier molecular flexibility index (Phi) is 20.8. The standard InChI is InChI=1S/C29H39N3.C21H23N3.C2H4I/c1-5-31(6-2)28-18-14-26(15-19-28)23-30(22-25-12-10-9-11-13-25)24-27-16-20-29(21-17-27)32(7-3)8-4;22-20-10-6-18(7-11-20)15-24(14-17-4-2-1-3-5-17)16-19-8-12-21(23)13-9-19;1-2-3/h9-21H,5-8,22-24H2,1-4H3;1-13H,14-16,22-23H2;1-2H2/q;;+1. The van der Waals surface area contributed by atoms with Gasteiger partial charge < -0.3 is 21.3 Å². The smallest absolute Gasteiger partial charge is 0.135 e. The molecule has 310 valence electrons. The van der Waals surface area contributed by atoms with Gasteiger partial charge in [-0.25, -0.2) is 0 Å². The van der Waals surface area contributed by atoms with Gasteiger partial charge in [0.25, 0.3) is 0 Å². The maximum absolute atomic E-state index is 5.79. The summed E-state index contributed by atoms with van der Waals surface area (Å²) in [4.78, 5) is 9.74. The van der Waals surface area contributed by atoms with Crippen LogP contribution < -0.4 is 21.3 Å². The van der Waals surface area contributed by atoms with Crippen LogP contribution in [-0.2, 0) is 39.3 Å². The Balaban J connectivity index is 0.000000253. The highest BCUT2D eigenvalue weighted by atomic mass is 127. The van der Waals surface area contributed by atoms with Crippen molar-refractivity contribution in [2.45, 2.75) is 67.0 Å². The minimum atomic E-state index is 0.798. The van der Waals surface area contributed by atoms with E-state index in [9.17, 15) is 0 Å². The highest BCUT2D eigenvalue weighted by Gasteiger charge is 2.12. The summed E-state index contributed by atoms with van der Waals surface area (Å²) in [6.07, 6.45) is 0. The number of hydrogen-bond acceptors (Lipinski definition) is 6. The molecule has 0 radical (unpaired) electrons. The Bertz CT molecular complexity index is 1860. The highest BCUT2D eigenvalue weighted by molar-refractivity contribution is 14.1. The molecule has 0 aliphatic carbocycles. The minimum Gasteiger partial charge on any atom is -0.399 e. The third-order valence-electron chi connectivity index (χ3n) is 10.2. The Labute approximate surface area is 370 Å². The topological polar surface area (TPSA) is 65.0 Å². The molecule has 6 rings (SSSR count). The number of benzene rings is 6. The van der Waals surface area contributed by atoms with Crippen molar-refractivity contribution in [3.05, 3.63) is 198 Å². The molecule has 0 amide bonds. The molecular formula is C52H66IN6+. The molecule has 0 heterocycles. The lowest BCUT2D eigenvalue weighted by molar-refractivity contribution is 0.247. The molecule has 0 aromatic heterocycles. The van der Waals surface area contributed by atoms with Crippen LogP contribution in [-0.4, -0.2) is 40.4 Å². The normalized spacial score (nSPS) is 10.7. The molecule has 6 aromatic carbocycles. The molecular weight excluding hydrogens is 836 g/mol. The van der Waals surface area contributed by atoms with Gasteiger partial charge in [-0.15, -0.1) is 0 Å². The quantitative estimate of drug-likeness (QED) is 0.0388. The SMILES string of the molecule is CCN(CC)c1ccc(CN(Cc2ccccc2)Cc2ccc(N(CC)CC)cc2)cc1.Nc1ccc(CN(Cc2ccccc2)Cc2ccc(N)cc2)cc1.[CH2+]CI. The fourth-order valence-electron chi connectivity index (χ4n) is 7.10. The summed E-state index contributed by atoms with van der Waals surface area (Å²) in [6.45, 7) is 21.9. The zero-order valence-corrected chi connectivity index (χ0v) is 38.0. The number of hydrogen-bond donors (Lipinski definition) is 2. The Morgan fingerprint density at radius 1 is 0.373 bits per heavy atom. The lowest BCUT2D eigenvalue weighted by Crippen LogP contribution is -2.24. The molecule has 0 bridgehead atoms. The number of alkyl halides is 1. The molecule has 0 aliphatic heterocycles. The van der Waals surface area contributed by atoms with Crippen molar-refractivity contribution >= 4 is 45.3 Å². The summed E-state index contributed by atoms with van der Waals surface area (Å²) in [6, 6.07) is 55.8. The van der Waals surface area contributed by atoms with Crippen molar-refractivity contribution < 1.29 is 0 Å². The number of halogens is 1. The molecule has 7 heteroatoms. The predicted molar refractivity (Wildman–Crippen MR) is 265 cm³/mol. The largest absolute Gasteiger partial charge is 0.399 e. The zero-order chi connectivity index (χ0) is 42.2. The van der Waals surface area contributed by atoms with E-state index in [1.807, 2.05) is 30.3 Å². The third kappa shape index (κ3) is 16.7. The molecule has 6 aromatic rings. The molecule has 0 fully saturated rings. The number of nitrogens with two attached hydrogens (primary N) is 2. The molecule has 0 aliphatic rings. The second-order valence-corrected chi connectivity index (χ2v) is 15.7. The second-order valence-electron chi connectivity index (χ2n) is 14.6. The van der Waals surface area contributed by atoms with E-state index in [4.69, 9.17) is 11.5 Å². The van der Waals surface area contributed by atoms with Gasteiger partial charge in [0.05, 0.1) is 6.92 Å². The Hall–Kier alpha value is -4.96. The van der Waals surface area contributed by atoms with E-state index in [1.165, 1.54) is 44.8 Å². The van der Waals surface area contributed by atoms with Gasteiger partial charge in [-0.1, -0.05) is 109 Å². The van der Waals surface area contributed by atoms with Crippen molar-refractivity contribution in [1.29, 1.82) is 0 Å². The van der Waals surface area contributed by atoms with Gasteiger partial charge >= 0.3 is 0 Å². The Morgan fingerprint density at radius 3 is 0.831 bits per heavy atom. The van der Waals surface area contributed by atoms with Gasteiger partial charge in [-0.05, 0) is 132 Å². The van der Waals surface area contributed by atoms with Gasteiger partial charge in [0.15, 0.2) is 0 Å². The van der Waals surface area contributed by atoms with Crippen LogP contribution in [0.3, 0.4) is 0 Å². The first kappa shape index (κ1) is 46.7. The number of nitrogen functional groups attached to an aromatic ring is 2. The van der Waals surface area contributed by atoms with E-state index in [0.29, 0.717) is 0 Å². The average molecular weight is 902 g/mol. The van der Waals surface area contributed by atoms with Crippen LogP contribution in [0, 0.1) is 6.92 Å². The van der Waals surface area contributed by atoms with Crippen LogP contribution in [0.15, 0.2) is 158 Å². The van der Waals surface area contributed by atoms with Crippen LogP contribution in [0.1, 0.15) is 61.1 Å². The van der Waals surface area contributed by atoms with E-state index in [2.05, 4.69) is 204 Å². The molecule has 0 spiro atoms. The van der Waals surface area contributed by atoms with E-state index in [-0.39, 0.29) is 0 Å². The van der Waals surface area contributed by atoms with Gasteiger partial charge in [-0.3, -0.25) is 9.80 Å². The van der Waals surface area contributed by atoms with Crippen LogP contribution in [0.5, 0.6) is 0 Å². The van der Waals surface area contributed by atoms with Crippen LogP contribution in [0.25, 0.3) is 0 Å². The summed E-state index contributed by atoms with van der Waals surface area (Å²) in [5.74, 6) is 0. The van der Waals surface area contributed by atoms with Crippen molar-refractivity contribution in [3.63, 3.8) is 0 Å². The van der Waals surface area contributed by atoms with E-state index < -0.39 is 0 Å². The summed E-state index contributed by atoms with van der Waals surface area (Å²) < 4.78 is 0.970. The molecule has 59 heavy (non-hydrogen) atoms. The number of rotatable bonds is 18. The minimum absolute atomic E-state index is 0.798. The van der Waals surface area contributed by atoms with E-state index >= 15 is 0 Å². The van der Waals surface area contributed by atoms with Crippen molar-refractivity contribution in [3.8, 4) is 0 Å². The van der Waals surface area contributed by atoms with E-state index in [1.54, 1.807) is 0 Å². The summed E-state index contributed by atoms with van der Waals surface area (Å²) in [5.41, 5.74) is 23.7. The number of anilines is 4. The number of nitrogens with zero attached hydrogens (tertiary/aromatic N) is 4. The van der Waals surface area contributed by atoms with E-state index in [0.717, 1.165) is 81.2 Å². The van der Waals surface area contributed by atoms with Crippen molar-refractivity contribution in [1.82, 2.24) is 9.80 Å². The lowest BCUT2D eigenvalue weighted by atomic mass is 10.1. The van der Waals surface area contributed by atoms with Crippen LogP contribution in [0.4, 0.5) is 22.7 Å². The predicted octanol–water partition coefficient (Wildman–Crippen LogP) is 11.9. The van der Waals surface area contributed by atoms with Gasteiger partial charge in [0, 0.05) is 88.2 Å². The zero-order valence-electron chi connectivity index (χ0n) is 35.8. The third-order valence-corrected chi connectivity index (χ3v) is 10.2. The van der Waals surface area contributed by atoms with Crippen molar-refractivity contribution in [2.24, 2.45) is 0 Å². The fourth-order valence-corrected chi connectivity index (χ4v) is 7.10. The Morgan fingerprint density at radius 2 is 0.593 bits per heavy atom. The summed E-state index contributed by atoms with van der Waals surface area (Å²) in [5, 5.41) is 0. The summed E-state index contributed by atoms with van der Waals surface area (Å²) in [7, 11) is 0. The molecule has 6 nitrogen and oxygen atoms in total. The van der Waals surface area contributed by atoms with Gasteiger partial charge in [0.1, 0.15) is 4.43 Å². The first-order valence-corrected chi connectivity index (χ1v) is 22.5. The van der Waals surface area contributed by atoms with Crippen LogP contribution in [0.2, 0.25) is 0 Å². The molecule has 0 saturated heterocycles. The average Bonchev–Trinajstić information content (AvgIpc) is 3.26. The fraction of sp³-hybridized carbons (Fsp3) is 0.288. The maximum atomic E-state index is 5.79. The maximum Gasteiger partial charge on any atom is 0.135 e. The van der Waals surface area contributed by atoms with Gasteiger partial charge in [0.2, 0.25) is 0 Å². The molecule has 0 unspecified atom stereocenters. The van der Waals surface area contributed by atoms with Crippen LogP contribution >= 0.6 is 22.6 Å². The highest BCUT2D eigenvalue weighted by Crippen LogP contribution is 2.21. The second kappa shape index (κ2) is 26.2. The monoisotopic (exact) mass is 901 g/mol. The lowest BCUT2D eigenvalue weighted by Gasteiger charge is -2.25. The molecule has 0 saturated carbocycles. The summed E-state index contributed by atoms with van der Waals surface area (Å²) >= 11 is 2.18. The molecule has 0 atom stereocenters. The first-order chi connectivity index (χ1) is 28.8. The van der Waals surface area contributed by atoms with Crippen molar-refractivity contribution in [2.75, 3.05) is 51.9 Å². The van der Waals surface area contributed by atoms with Gasteiger partial charge in [-0.2, -0.15) is 0 Å². The molecule has 4 N–H and O–H groups in total.